The minimum Gasteiger partial charge on any atom is -0.550 e. The van der Waals surface area contributed by atoms with Gasteiger partial charge in [-0.05, 0) is 6.42 Å². The molecule has 0 N–H and O–H groups in total. The van der Waals surface area contributed by atoms with Crippen LogP contribution in [0.15, 0.2) is 0 Å². The summed E-state index contributed by atoms with van der Waals surface area (Å²) in [7, 11) is 0. The maximum atomic E-state index is 10.2. The molecule has 0 aliphatic carbocycles. The zero-order valence-corrected chi connectivity index (χ0v) is 5.84. The molecule has 0 amide bonds. The second-order valence-electron chi connectivity index (χ2n) is 2.72. The molecule has 0 aliphatic heterocycles. The topological polar surface area (TPSA) is 80.3 Å². The van der Waals surface area contributed by atoms with Crippen LogP contribution in [0.5, 0.6) is 0 Å². The summed E-state index contributed by atoms with van der Waals surface area (Å²) in [6.07, 6.45) is -0.519. The van der Waals surface area contributed by atoms with Crippen LogP contribution in [0.3, 0.4) is 0 Å². The first-order valence-electron chi connectivity index (χ1n) is 2.77. The first-order chi connectivity index (χ1) is 4.36. The van der Waals surface area contributed by atoms with E-state index in [0.29, 0.717) is 0 Å². The van der Waals surface area contributed by atoms with Crippen LogP contribution in [0.2, 0.25) is 0 Å². The summed E-state index contributed by atoms with van der Waals surface area (Å²) < 4.78 is 0. The van der Waals surface area contributed by atoms with Crippen LogP contribution < -0.4 is 10.2 Å². The maximum Gasteiger partial charge on any atom is 0.0474 e. The summed E-state index contributed by atoms with van der Waals surface area (Å²) in [6.45, 7) is 2.55. The van der Waals surface area contributed by atoms with Crippen LogP contribution in [-0.2, 0) is 9.59 Å². The molecule has 0 fully saturated rings. The van der Waals surface area contributed by atoms with Crippen molar-refractivity contribution in [3.63, 3.8) is 0 Å². The Kier molecular flexibility index (Phi) is 2.40. The Morgan fingerprint density at radius 2 is 1.70 bits per heavy atom. The number of carbonyl (C=O) groups is 2. The van der Waals surface area contributed by atoms with Gasteiger partial charge < -0.3 is 19.8 Å². The molecule has 0 aromatic rings. The molecule has 0 aromatic heterocycles. The Labute approximate surface area is 58.5 Å². The molecule has 0 unspecified atom stereocenters. The van der Waals surface area contributed by atoms with Crippen LogP contribution in [0.4, 0.5) is 0 Å². The number of hydrogen-bond acceptors (Lipinski definition) is 4. The molecule has 10 heavy (non-hydrogen) atoms. The summed E-state index contributed by atoms with van der Waals surface area (Å²) in [4.78, 5) is 20.1. The van der Waals surface area contributed by atoms with Crippen LogP contribution in [-0.4, -0.2) is 11.9 Å². The highest BCUT2D eigenvalue weighted by Gasteiger charge is 2.18. The largest absolute Gasteiger partial charge is 0.550 e. The molecule has 58 valence electrons. The van der Waals surface area contributed by atoms with Gasteiger partial charge in [-0.2, -0.15) is 0 Å². The van der Waals surface area contributed by atoms with E-state index in [2.05, 4.69) is 0 Å². The molecule has 0 aromatic carbocycles. The van der Waals surface area contributed by atoms with Crippen molar-refractivity contribution >= 4 is 11.9 Å². The van der Waals surface area contributed by atoms with Gasteiger partial charge in [0.15, 0.2) is 0 Å². The Balaban J connectivity index is 4.13. The van der Waals surface area contributed by atoms with E-state index in [-0.39, 0.29) is 0 Å². The fourth-order valence-electron chi connectivity index (χ4n) is 0.433. The van der Waals surface area contributed by atoms with Crippen molar-refractivity contribution in [3.8, 4) is 0 Å². The predicted molar refractivity (Wildman–Crippen MR) is 28.4 cm³/mol. The number of carboxylic acid groups (broad SMARTS) is 2. The third-order valence-corrected chi connectivity index (χ3v) is 1.14. The Hall–Kier alpha value is -1.06. The van der Waals surface area contributed by atoms with Crippen molar-refractivity contribution < 1.29 is 19.8 Å². The molecule has 0 aliphatic rings. The van der Waals surface area contributed by atoms with Crippen molar-refractivity contribution in [3.05, 3.63) is 0 Å². The van der Waals surface area contributed by atoms with Gasteiger partial charge in [0.05, 0.1) is 0 Å². The zero-order chi connectivity index (χ0) is 8.36. The second-order valence-corrected chi connectivity index (χ2v) is 2.72. The lowest BCUT2D eigenvalue weighted by molar-refractivity contribution is -0.326. The Bertz CT molecular complexity index is 159. The van der Waals surface area contributed by atoms with E-state index in [1.165, 1.54) is 13.8 Å². The lowest BCUT2D eigenvalue weighted by atomic mass is 9.90. The van der Waals surface area contributed by atoms with Gasteiger partial charge in [-0.25, -0.2) is 0 Å². The van der Waals surface area contributed by atoms with Crippen LogP contribution in [0, 0.1) is 5.41 Å². The summed E-state index contributed by atoms with van der Waals surface area (Å²) >= 11 is 0. The molecular weight excluding hydrogens is 136 g/mol. The average molecular weight is 144 g/mol. The number of aliphatic carboxylic acids is 2. The van der Waals surface area contributed by atoms with Crippen LogP contribution >= 0.6 is 0 Å². The summed E-state index contributed by atoms with van der Waals surface area (Å²) in [5.41, 5.74) is -1.33. The normalized spacial score (nSPS) is 11.0. The number of carboxylic acids is 2. The number of carbonyl (C=O) groups excluding carboxylic acids is 2. The van der Waals surface area contributed by atoms with Crippen molar-refractivity contribution in [2.75, 3.05) is 0 Å². The van der Waals surface area contributed by atoms with Crippen molar-refractivity contribution in [1.29, 1.82) is 0 Å². The van der Waals surface area contributed by atoms with Gasteiger partial charge in [-0.15, -0.1) is 0 Å². The fraction of sp³-hybridized carbons (Fsp3) is 0.667. The van der Waals surface area contributed by atoms with E-state index in [1.807, 2.05) is 0 Å². The van der Waals surface area contributed by atoms with Crippen LogP contribution in [0.25, 0.3) is 0 Å². The molecule has 0 heterocycles. The SMILES string of the molecule is CC(C)(CC(=O)[O-])C(=O)[O-]. The highest BCUT2D eigenvalue weighted by molar-refractivity contribution is 5.78. The van der Waals surface area contributed by atoms with Gasteiger partial charge >= 0.3 is 0 Å². The highest BCUT2D eigenvalue weighted by Crippen LogP contribution is 2.17. The molecule has 4 heteroatoms. The third kappa shape index (κ3) is 2.48. The summed E-state index contributed by atoms with van der Waals surface area (Å²) in [5, 5.41) is 20.1. The first-order valence-corrected chi connectivity index (χ1v) is 2.77. The monoisotopic (exact) mass is 144 g/mol. The van der Waals surface area contributed by atoms with Gasteiger partial charge in [0.1, 0.15) is 0 Å². The van der Waals surface area contributed by atoms with Crippen LogP contribution in [0.1, 0.15) is 20.3 Å². The first kappa shape index (κ1) is 8.94. The van der Waals surface area contributed by atoms with E-state index in [1.54, 1.807) is 0 Å². The van der Waals surface area contributed by atoms with E-state index >= 15 is 0 Å². The number of hydrogen-bond donors (Lipinski definition) is 0. The van der Waals surface area contributed by atoms with E-state index in [0.717, 1.165) is 0 Å². The summed E-state index contributed by atoms with van der Waals surface area (Å²) in [6, 6.07) is 0. The molecule has 4 nitrogen and oxygen atoms in total. The molecule has 0 spiro atoms. The average Bonchev–Trinajstić information content (AvgIpc) is 1.60. The second kappa shape index (κ2) is 2.68. The van der Waals surface area contributed by atoms with E-state index in [9.17, 15) is 19.8 Å². The van der Waals surface area contributed by atoms with Gasteiger partial charge in [0.2, 0.25) is 0 Å². The van der Waals surface area contributed by atoms with E-state index < -0.39 is 23.8 Å². The van der Waals surface area contributed by atoms with Gasteiger partial charge in [0.25, 0.3) is 0 Å². The molecule has 0 saturated carbocycles. The van der Waals surface area contributed by atoms with E-state index in [4.69, 9.17) is 0 Å². The minimum absolute atomic E-state index is 0.519. The molecule has 0 saturated heterocycles. The molecule has 0 bridgehead atoms. The van der Waals surface area contributed by atoms with Crippen molar-refractivity contribution in [2.45, 2.75) is 20.3 Å². The number of rotatable bonds is 3. The third-order valence-electron chi connectivity index (χ3n) is 1.14. The quantitative estimate of drug-likeness (QED) is 0.454. The molecule has 0 radical (unpaired) electrons. The Morgan fingerprint density at radius 1 is 1.30 bits per heavy atom. The zero-order valence-electron chi connectivity index (χ0n) is 5.84. The molecular formula is C6H8O4-2. The van der Waals surface area contributed by atoms with Gasteiger partial charge in [-0.1, -0.05) is 13.8 Å². The maximum absolute atomic E-state index is 10.2. The lowest BCUT2D eigenvalue weighted by Gasteiger charge is -2.25. The van der Waals surface area contributed by atoms with Crippen molar-refractivity contribution in [2.24, 2.45) is 5.41 Å². The minimum atomic E-state index is -1.38. The lowest BCUT2D eigenvalue weighted by Crippen LogP contribution is -2.42. The van der Waals surface area contributed by atoms with Crippen molar-refractivity contribution in [1.82, 2.24) is 0 Å². The Morgan fingerprint density at radius 3 is 1.80 bits per heavy atom. The van der Waals surface area contributed by atoms with Gasteiger partial charge in [0, 0.05) is 17.4 Å². The highest BCUT2D eigenvalue weighted by atomic mass is 16.4. The predicted octanol–water partition coefficient (Wildman–Crippen LogP) is -2.10. The molecule has 0 atom stereocenters. The summed E-state index contributed by atoms with van der Waals surface area (Å²) in [5.74, 6) is -2.76. The standard InChI is InChI=1S/C6H10O4/c1-6(2,5(9)10)3-4(7)8/h3H2,1-2H3,(H,7,8)(H,9,10)/p-2. The fourth-order valence-corrected chi connectivity index (χ4v) is 0.433. The van der Waals surface area contributed by atoms with Gasteiger partial charge in [-0.3, -0.25) is 0 Å². The molecule has 0 rings (SSSR count). The smallest absolute Gasteiger partial charge is 0.0474 e.